The largest absolute Gasteiger partial charge is 0.493 e. The summed E-state index contributed by atoms with van der Waals surface area (Å²) in [5.41, 5.74) is 3.36. The van der Waals surface area contributed by atoms with E-state index in [0.717, 1.165) is 41.5 Å². The van der Waals surface area contributed by atoms with Crippen LogP contribution in [0, 0.1) is 6.92 Å². The van der Waals surface area contributed by atoms with E-state index in [-0.39, 0.29) is 10.9 Å². The minimum Gasteiger partial charge on any atom is -0.493 e. The molecule has 1 N–H and O–H groups in total. The predicted octanol–water partition coefficient (Wildman–Crippen LogP) is 5.97. The van der Waals surface area contributed by atoms with E-state index in [2.05, 4.69) is 11.4 Å². The van der Waals surface area contributed by atoms with Crippen LogP contribution in [0.4, 0.5) is 5.82 Å². The van der Waals surface area contributed by atoms with Crippen LogP contribution in [0.2, 0.25) is 0 Å². The number of rotatable bonds is 9. The van der Waals surface area contributed by atoms with Crippen molar-refractivity contribution in [2.24, 2.45) is 0 Å². The second kappa shape index (κ2) is 10.9. The van der Waals surface area contributed by atoms with Gasteiger partial charge in [0.15, 0.2) is 17.3 Å². The number of benzene rings is 3. The average Bonchev–Trinajstić information content (AvgIpc) is 3.36. The third-order valence-electron chi connectivity index (χ3n) is 8.43. The number of methoxy groups -OCH3 is 3. The number of nitrogens with zero attached hydrogens (tertiary/aromatic N) is 2. The van der Waals surface area contributed by atoms with Crippen molar-refractivity contribution >= 4 is 21.9 Å². The highest BCUT2D eigenvalue weighted by molar-refractivity contribution is 7.89. The van der Waals surface area contributed by atoms with Crippen molar-refractivity contribution in [2.75, 3.05) is 26.6 Å². The summed E-state index contributed by atoms with van der Waals surface area (Å²) in [6.45, 7) is 1.93. The standard InChI is InChI=1S/C33H35N3O5S/c1-22-13-15-25(16-14-22)42(37,38)36-28-21-33(23-9-6-5-7-10-23,20-19-26(28)32(35-36)34-24-11-8-12-24)27-17-18-29(39-2)31(41-4)30(27)40-3/h5-7,9-10,13-20,24H,8,11-12,21H2,1-4H3,(H,34,35). The molecule has 8 nitrogen and oxygen atoms in total. The Labute approximate surface area is 247 Å². The van der Waals surface area contributed by atoms with Crippen molar-refractivity contribution in [3.05, 3.63) is 101 Å². The van der Waals surface area contributed by atoms with E-state index in [1.54, 1.807) is 45.6 Å². The van der Waals surface area contributed by atoms with E-state index < -0.39 is 15.4 Å². The van der Waals surface area contributed by atoms with E-state index in [1.807, 2.05) is 55.5 Å². The Hall–Kier alpha value is -4.24. The summed E-state index contributed by atoms with van der Waals surface area (Å²) in [6.07, 6.45) is 7.66. The molecule has 1 atom stereocenters. The molecular weight excluding hydrogens is 550 g/mol. The van der Waals surface area contributed by atoms with Crippen molar-refractivity contribution in [3.8, 4) is 17.2 Å². The molecule has 6 rings (SSSR count). The van der Waals surface area contributed by atoms with E-state index in [9.17, 15) is 8.42 Å². The number of ether oxygens (including phenoxy) is 3. The fourth-order valence-corrected chi connectivity index (χ4v) is 7.24. The summed E-state index contributed by atoms with van der Waals surface area (Å²) in [5.74, 6) is 2.12. The topological polar surface area (TPSA) is 91.7 Å². The summed E-state index contributed by atoms with van der Waals surface area (Å²) in [5, 5.41) is 8.24. The molecule has 42 heavy (non-hydrogen) atoms. The lowest BCUT2D eigenvalue weighted by Gasteiger charge is -2.36. The molecule has 2 aliphatic rings. The predicted molar refractivity (Wildman–Crippen MR) is 163 cm³/mol. The van der Waals surface area contributed by atoms with Crippen LogP contribution in [0.5, 0.6) is 17.2 Å². The lowest BCUT2D eigenvalue weighted by atomic mass is 9.68. The van der Waals surface area contributed by atoms with Gasteiger partial charge in [0.2, 0.25) is 5.75 Å². The molecule has 1 saturated carbocycles. The van der Waals surface area contributed by atoms with Gasteiger partial charge in [0.1, 0.15) is 0 Å². The van der Waals surface area contributed by atoms with Crippen LogP contribution in [-0.2, 0) is 21.9 Å². The van der Waals surface area contributed by atoms with Crippen molar-refractivity contribution in [1.82, 2.24) is 9.19 Å². The number of aromatic nitrogens is 2. The summed E-state index contributed by atoms with van der Waals surface area (Å²) in [7, 11) is 0.767. The summed E-state index contributed by atoms with van der Waals surface area (Å²) >= 11 is 0. The Morgan fingerprint density at radius 3 is 2.24 bits per heavy atom. The van der Waals surface area contributed by atoms with Crippen LogP contribution in [0.1, 0.15) is 47.2 Å². The molecule has 0 spiro atoms. The molecule has 218 valence electrons. The molecule has 9 heteroatoms. The first-order chi connectivity index (χ1) is 20.3. The Morgan fingerprint density at radius 2 is 1.62 bits per heavy atom. The molecule has 3 aromatic carbocycles. The summed E-state index contributed by atoms with van der Waals surface area (Å²) in [4.78, 5) is 0.192. The van der Waals surface area contributed by atoms with Gasteiger partial charge in [-0.15, -0.1) is 5.10 Å². The molecule has 4 aromatic rings. The van der Waals surface area contributed by atoms with Gasteiger partial charge in [0.05, 0.1) is 31.9 Å². The second-order valence-electron chi connectivity index (χ2n) is 10.9. The van der Waals surface area contributed by atoms with Crippen molar-refractivity contribution in [3.63, 3.8) is 0 Å². The highest BCUT2D eigenvalue weighted by Gasteiger charge is 2.42. The number of hydrogen-bond donors (Lipinski definition) is 1. The molecule has 2 aliphatic carbocycles. The SMILES string of the molecule is COc1ccc(C2(c3ccccc3)C=Cc3c(NC4CCC4)nn(S(=O)(=O)c4ccc(C)cc4)c3C2)c(OC)c1OC. The number of allylic oxidation sites excluding steroid dienone is 1. The van der Waals surface area contributed by atoms with Crippen LogP contribution in [-0.4, -0.2) is 45.0 Å². The van der Waals surface area contributed by atoms with E-state index in [0.29, 0.717) is 35.2 Å². The number of anilines is 1. The lowest BCUT2D eigenvalue weighted by Crippen LogP contribution is -2.33. The van der Waals surface area contributed by atoms with Gasteiger partial charge in [-0.25, -0.2) is 0 Å². The van der Waals surface area contributed by atoms with E-state index >= 15 is 0 Å². The maximum absolute atomic E-state index is 14.2. The molecule has 0 aliphatic heterocycles. The summed E-state index contributed by atoms with van der Waals surface area (Å²) < 4.78 is 46.9. The Bertz CT molecular complexity index is 1740. The van der Waals surface area contributed by atoms with Gasteiger partial charge in [-0.2, -0.15) is 12.5 Å². The van der Waals surface area contributed by atoms with Crippen molar-refractivity contribution in [2.45, 2.75) is 49.0 Å². The van der Waals surface area contributed by atoms with Crippen LogP contribution >= 0.6 is 0 Å². The normalized spacial score (nSPS) is 18.2. The molecule has 0 amide bonds. The molecule has 1 unspecified atom stereocenters. The van der Waals surface area contributed by atoms with Gasteiger partial charge in [0.25, 0.3) is 10.0 Å². The zero-order valence-corrected chi connectivity index (χ0v) is 25.1. The molecule has 0 bridgehead atoms. The molecular formula is C33H35N3O5S. The Morgan fingerprint density at radius 1 is 0.905 bits per heavy atom. The molecule has 1 fully saturated rings. The zero-order valence-electron chi connectivity index (χ0n) is 24.3. The first-order valence-electron chi connectivity index (χ1n) is 14.1. The smallest absolute Gasteiger partial charge is 0.283 e. The van der Waals surface area contributed by atoms with Gasteiger partial charge in [-0.05, 0) is 49.9 Å². The van der Waals surface area contributed by atoms with Crippen molar-refractivity contribution in [1.29, 1.82) is 0 Å². The Kier molecular flexibility index (Phi) is 7.22. The van der Waals surface area contributed by atoms with Gasteiger partial charge < -0.3 is 19.5 Å². The Balaban J connectivity index is 1.59. The first-order valence-corrected chi connectivity index (χ1v) is 15.5. The minimum atomic E-state index is -4.00. The fraction of sp³-hybridized carbons (Fsp3) is 0.303. The van der Waals surface area contributed by atoms with Crippen LogP contribution in [0.15, 0.2) is 77.7 Å². The van der Waals surface area contributed by atoms with Gasteiger partial charge in [-0.1, -0.05) is 66.2 Å². The van der Waals surface area contributed by atoms with E-state index in [4.69, 9.17) is 19.3 Å². The average molecular weight is 586 g/mol. The molecule has 0 saturated heterocycles. The lowest BCUT2D eigenvalue weighted by molar-refractivity contribution is 0.319. The third kappa shape index (κ3) is 4.52. The second-order valence-corrected chi connectivity index (χ2v) is 12.6. The van der Waals surface area contributed by atoms with Gasteiger partial charge in [0, 0.05) is 29.0 Å². The maximum atomic E-state index is 14.2. The molecule has 0 radical (unpaired) electrons. The fourth-order valence-electron chi connectivity index (χ4n) is 5.92. The zero-order chi connectivity index (χ0) is 29.5. The van der Waals surface area contributed by atoms with Crippen LogP contribution in [0.3, 0.4) is 0 Å². The quantitative estimate of drug-likeness (QED) is 0.259. The highest BCUT2D eigenvalue weighted by Crippen LogP contribution is 2.51. The van der Waals surface area contributed by atoms with Crippen molar-refractivity contribution < 1.29 is 22.6 Å². The highest BCUT2D eigenvalue weighted by atomic mass is 32.2. The van der Waals surface area contributed by atoms with E-state index in [1.165, 1.54) is 4.09 Å². The third-order valence-corrected chi connectivity index (χ3v) is 10.1. The number of aryl methyl sites for hydroxylation is 1. The molecule has 1 heterocycles. The van der Waals surface area contributed by atoms with Crippen LogP contribution < -0.4 is 19.5 Å². The van der Waals surface area contributed by atoms with Gasteiger partial charge in [-0.3, -0.25) is 0 Å². The minimum absolute atomic E-state index is 0.192. The monoisotopic (exact) mass is 585 g/mol. The molecule has 1 aromatic heterocycles. The van der Waals surface area contributed by atoms with Crippen LogP contribution in [0.25, 0.3) is 6.08 Å². The first kappa shape index (κ1) is 27.9. The van der Waals surface area contributed by atoms with Gasteiger partial charge >= 0.3 is 0 Å². The number of hydrogen-bond acceptors (Lipinski definition) is 7. The maximum Gasteiger partial charge on any atom is 0.283 e. The summed E-state index contributed by atoms with van der Waals surface area (Å²) in [6, 6.07) is 21.0. The number of fused-ring (bicyclic) bond motifs is 1. The number of nitrogens with one attached hydrogen (secondary N) is 1.